The van der Waals surface area contributed by atoms with Crippen LogP contribution < -0.4 is 0 Å². The molecule has 2 aromatic heterocycles. The van der Waals surface area contributed by atoms with Crippen LogP contribution >= 0.6 is 0 Å². The van der Waals surface area contributed by atoms with E-state index < -0.39 is 0 Å². The predicted octanol–water partition coefficient (Wildman–Crippen LogP) is 3.58. The van der Waals surface area contributed by atoms with Gasteiger partial charge in [-0.05, 0) is 50.2 Å². The van der Waals surface area contributed by atoms with E-state index in [0.29, 0.717) is 0 Å². The summed E-state index contributed by atoms with van der Waals surface area (Å²) in [6.45, 7) is 4.27. The number of hydrogen-bond acceptors (Lipinski definition) is 0. The van der Waals surface area contributed by atoms with Crippen LogP contribution in [-0.2, 0) is 0 Å². The van der Waals surface area contributed by atoms with Crippen molar-refractivity contribution in [3.63, 3.8) is 0 Å². The second-order valence-corrected chi connectivity index (χ2v) is 4.20. The van der Waals surface area contributed by atoms with Gasteiger partial charge in [-0.25, -0.2) is 0 Å². The molecule has 0 aliphatic carbocycles. The summed E-state index contributed by atoms with van der Waals surface area (Å²) < 4.78 is 2.27. The molecule has 0 radical (unpaired) electrons. The van der Waals surface area contributed by atoms with Gasteiger partial charge in [-0.15, -0.1) is 0 Å². The van der Waals surface area contributed by atoms with Crippen molar-refractivity contribution < 1.29 is 0 Å². The lowest BCUT2D eigenvalue weighted by molar-refractivity contribution is 0.968. The minimum atomic E-state index is 1.19. The molecule has 0 atom stereocenters. The molecule has 0 saturated heterocycles. The number of aromatic amines is 1. The van der Waals surface area contributed by atoms with E-state index in [9.17, 15) is 0 Å². The van der Waals surface area contributed by atoms with Gasteiger partial charge >= 0.3 is 0 Å². The number of rotatable bonds is 1. The zero-order valence-electron chi connectivity index (χ0n) is 9.49. The third-order valence-corrected chi connectivity index (χ3v) is 3.07. The zero-order chi connectivity index (χ0) is 11.1. The molecule has 1 aromatic carbocycles. The summed E-state index contributed by atoms with van der Waals surface area (Å²) in [5, 5.41) is 1.25. The number of nitrogens with one attached hydrogen (secondary N) is 1. The van der Waals surface area contributed by atoms with Crippen molar-refractivity contribution in [1.29, 1.82) is 0 Å². The van der Waals surface area contributed by atoms with Gasteiger partial charge in [-0.1, -0.05) is 0 Å². The van der Waals surface area contributed by atoms with Gasteiger partial charge in [-0.2, -0.15) is 0 Å². The summed E-state index contributed by atoms with van der Waals surface area (Å²) >= 11 is 0. The van der Waals surface area contributed by atoms with Gasteiger partial charge in [0, 0.05) is 34.2 Å². The van der Waals surface area contributed by atoms with Crippen LogP contribution in [0.1, 0.15) is 11.4 Å². The maximum Gasteiger partial charge on any atom is 0.0462 e. The van der Waals surface area contributed by atoms with Crippen LogP contribution in [0.5, 0.6) is 0 Å². The Kier molecular flexibility index (Phi) is 1.90. The third-order valence-electron chi connectivity index (χ3n) is 3.07. The Morgan fingerprint density at radius 3 is 2.44 bits per heavy atom. The SMILES string of the molecule is Cc1ccc(C)n1-c1ccc2[nH]ccc2c1. The summed E-state index contributed by atoms with van der Waals surface area (Å²) in [6.07, 6.45) is 1.98. The van der Waals surface area contributed by atoms with E-state index >= 15 is 0 Å². The molecule has 2 nitrogen and oxygen atoms in total. The fraction of sp³-hybridized carbons (Fsp3) is 0.143. The lowest BCUT2D eigenvalue weighted by Crippen LogP contribution is -1.97. The molecule has 3 rings (SSSR count). The molecule has 0 aliphatic heterocycles. The number of benzene rings is 1. The van der Waals surface area contributed by atoms with Gasteiger partial charge in [0.25, 0.3) is 0 Å². The highest BCUT2D eigenvalue weighted by Crippen LogP contribution is 2.20. The second-order valence-electron chi connectivity index (χ2n) is 4.20. The average molecular weight is 210 g/mol. The molecule has 0 saturated carbocycles. The summed E-state index contributed by atoms with van der Waals surface area (Å²) in [5.74, 6) is 0. The third kappa shape index (κ3) is 1.27. The van der Waals surface area contributed by atoms with Gasteiger partial charge in [0.05, 0.1) is 0 Å². The molecule has 0 bridgehead atoms. The van der Waals surface area contributed by atoms with Crippen molar-refractivity contribution >= 4 is 10.9 Å². The van der Waals surface area contributed by atoms with Crippen molar-refractivity contribution in [2.24, 2.45) is 0 Å². The Morgan fingerprint density at radius 2 is 1.69 bits per heavy atom. The van der Waals surface area contributed by atoms with Gasteiger partial charge in [0.15, 0.2) is 0 Å². The van der Waals surface area contributed by atoms with Crippen molar-refractivity contribution in [2.45, 2.75) is 13.8 Å². The van der Waals surface area contributed by atoms with E-state index in [2.05, 4.69) is 59.8 Å². The highest BCUT2D eigenvalue weighted by Gasteiger charge is 2.04. The van der Waals surface area contributed by atoms with Gasteiger partial charge in [0.2, 0.25) is 0 Å². The summed E-state index contributed by atoms with van der Waals surface area (Å²) in [6, 6.07) is 12.9. The van der Waals surface area contributed by atoms with Gasteiger partial charge in [0.1, 0.15) is 0 Å². The van der Waals surface area contributed by atoms with E-state index in [4.69, 9.17) is 0 Å². The van der Waals surface area contributed by atoms with Crippen molar-refractivity contribution in [3.05, 3.63) is 54.0 Å². The van der Waals surface area contributed by atoms with Crippen molar-refractivity contribution in [3.8, 4) is 5.69 Å². The molecular formula is C14H14N2. The molecule has 80 valence electrons. The standard InChI is InChI=1S/C14H14N2/c1-10-3-4-11(2)16(10)13-5-6-14-12(9-13)7-8-15-14/h3-9,15H,1-2H3. The fourth-order valence-corrected chi connectivity index (χ4v) is 2.26. The number of aryl methyl sites for hydroxylation is 2. The molecule has 1 N–H and O–H groups in total. The zero-order valence-corrected chi connectivity index (χ0v) is 9.49. The first-order valence-electron chi connectivity index (χ1n) is 5.48. The van der Waals surface area contributed by atoms with E-state index in [0.717, 1.165) is 0 Å². The Balaban J connectivity index is 2.25. The maximum atomic E-state index is 3.21. The van der Waals surface area contributed by atoms with Crippen LogP contribution in [0.3, 0.4) is 0 Å². The molecule has 2 heteroatoms. The number of fused-ring (bicyclic) bond motifs is 1. The lowest BCUT2D eigenvalue weighted by Gasteiger charge is -2.09. The van der Waals surface area contributed by atoms with E-state index in [1.165, 1.54) is 28.0 Å². The Hall–Kier alpha value is -1.96. The first-order chi connectivity index (χ1) is 7.75. The molecule has 0 amide bonds. The maximum absolute atomic E-state index is 3.21. The molecule has 0 fully saturated rings. The second kappa shape index (κ2) is 3.27. The van der Waals surface area contributed by atoms with Crippen LogP contribution in [0, 0.1) is 13.8 Å². The summed E-state index contributed by atoms with van der Waals surface area (Å²) in [7, 11) is 0. The highest BCUT2D eigenvalue weighted by atomic mass is 15.0. The predicted molar refractivity (Wildman–Crippen MR) is 67.1 cm³/mol. The molecule has 0 unspecified atom stereocenters. The minimum Gasteiger partial charge on any atom is -0.361 e. The quantitative estimate of drug-likeness (QED) is 0.634. The average Bonchev–Trinajstić information content (AvgIpc) is 2.85. The highest BCUT2D eigenvalue weighted by molar-refractivity contribution is 5.81. The molecule has 0 spiro atoms. The first-order valence-corrected chi connectivity index (χ1v) is 5.48. The molecular weight excluding hydrogens is 196 g/mol. The Bertz CT molecular complexity index is 624. The largest absolute Gasteiger partial charge is 0.361 e. The van der Waals surface area contributed by atoms with Gasteiger partial charge in [-0.3, -0.25) is 0 Å². The molecule has 16 heavy (non-hydrogen) atoms. The Labute approximate surface area is 94.5 Å². The Morgan fingerprint density at radius 1 is 0.938 bits per heavy atom. The van der Waals surface area contributed by atoms with E-state index in [-0.39, 0.29) is 0 Å². The van der Waals surface area contributed by atoms with Crippen LogP contribution in [0.2, 0.25) is 0 Å². The van der Waals surface area contributed by atoms with Crippen LogP contribution in [0.15, 0.2) is 42.6 Å². The number of hydrogen-bond donors (Lipinski definition) is 1. The summed E-state index contributed by atoms with van der Waals surface area (Å²) in [5.41, 5.74) is 4.96. The summed E-state index contributed by atoms with van der Waals surface area (Å²) in [4.78, 5) is 3.21. The van der Waals surface area contributed by atoms with Crippen LogP contribution in [0.25, 0.3) is 16.6 Å². The van der Waals surface area contributed by atoms with Crippen molar-refractivity contribution in [2.75, 3.05) is 0 Å². The van der Waals surface area contributed by atoms with E-state index in [1.54, 1.807) is 0 Å². The number of H-pyrrole nitrogens is 1. The fourth-order valence-electron chi connectivity index (χ4n) is 2.26. The normalized spacial score (nSPS) is 11.1. The molecule has 2 heterocycles. The monoisotopic (exact) mass is 210 g/mol. The van der Waals surface area contributed by atoms with Gasteiger partial charge < -0.3 is 9.55 Å². The van der Waals surface area contributed by atoms with Crippen LogP contribution in [0.4, 0.5) is 0 Å². The smallest absolute Gasteiger partial charge is 0.0462 e. The number of nitrogens with zero attached hydrogens (tertiary/aromatic N) is 1. The first kappa shape index (κ1) is 9.28. The molecule has 3 aromatic rings. The topological polar surface area (TPSA) is 20.7 Å². The lowest BCUT2D eigenvalue weighted by atomic mass is 10.2. The molecule has 0 aliphatic rings. The minimum absolute atomic E-state index is 1.19. The van der Waals surface area contributed by atoms with E-state index in [1.807, 2.05) is 6.20 Å². The van der Waals surface area contributed by atoms with Crippen molar-refractivity contribution in [1.82, 2.24) is 9.55 Å². The number of aromatic nitrogens is 2. The van der Waals surface area contributed by atoms with Crippen LogP contribution in [-0.4, -0.2) is 9.55 Å².